The monoisotopic (exact) mass is 606 g/mol. The smallest absolute Gasteiger partial charge is 0.387 e. The molecule has 1 aliphatic heterocycles. The molecule has 1 aromatic heterocycles. The average molecular weight is 606 g/mol. The second kappa shape index (κ2) is 11.7. The Morgan fingerprint density at radius 1 is 0.921 bits per heavy atom. The molecule has 3 rings (SSSR count). The van der Waals surface area contributed by atoms with E-state index in [2.05, 4.69) is 13.1 Å². The number of hydrogen-bond donors (Lipinski definition) is 6. The minimum absolute atomic E-state index is 0.134. The Balaban J connectivity index is 1.71. The Hall–Kier alpha value is -1.88. The number of aryl methyl sites for hydroxylation is 1. The molecule has 1 aliphatic rings. The topological polar surface area (TPSA) is 254 Å². The van der Waals surface area contributed by atoms with Crippen molar-refractivity contribution in [3.05, 3.63) is 68.7 Å². The van der Waals surface area contributed by atoms with E-state index in [0.29, 0.717) is 5.56 Å². The van der Waals surface area contributed by atoms with Gasteiger partial charge >= 0.3 is 29.2 Å². The lowest BCUT2D eigenvalue weighted by Gasteiger charge is -2.19. The van der Waals surface area contributed by atoms with Crippen LogP contribution in [-0.4, -0.2) is 63.8 Å². The standard InChI is InChI=1S/C17H22FN2O15P3/c18-11-3-1-10(2-4-11)5-7-19-13(21)6-8-20(17(19)24)16-15(23)14(22)12(33-16)9-32-37(28,29)35-38(30,31)34-36(25,26)27/h1-4,6,8,12,14-16,22-23H,5,7,9H2,(H,28,29)(H,30,31)(H2,25,26,27)/t12-,14+,15+,16-/m1/s1. The van der Waals surface area contributed by atoms with Crippen LogP contribution in [0.3, 0.4) is 0 Å². The molecule has 0 spiro atoms. The summed E-state index contributed by atoms with van der Waals surface area (Å²) in [5, 5.41) is 20.6. The largest absolute Gasteiger partial charge is 0.490 e. The molecule has 1 aromatic carbocycles. The zero-order chi connectivity index (χ0) is 28.5. The third-order valence-corrected chi connectivity index (χ3v) is 8.86. The highest BCUT2D eigenvalue weighted by Gasteiger charge is 2.46. The Morgan fingerprint density at radius 2 is 1.55 bits per heavy atom. The number of halogens is 1. The van der Waals surface area contributed by atoms with Gasteiger partial charge < -0.3 is 34.5 Å². The molecule has 2 heterocycles. The van der Waals surface area contributed by atoms with Gasteiger partial charge in [0.2, 0.25) is 0 Å². The first kappa shape index (κ1) is 30.7. The van der Waals surface area contributed by atoms with Gasteiger partial charge in [-0.15, -0.1) is 0 Å². The molecular formula is C17H22FN2O15P3. The van der Waals surface area contributed by atoms with Crippen LogP contribution in [0, 0.1) is 5.82 Å². The molecule has 21 heteroatoms. The van der Waals surface area contributed by atoms with Crippen molar-refractivity contribution in [1.29, 1.82) is 0 Å². The van der Waals surface area contributed by atoms with Gasteiger partial charge in [-0.05, 0) is 24.1 Å². The van der Waals surface area contributed by atoms with E-state index in [9.17, 15) is 47.7 Å². The number of aliphatic hydroxyl groups is 2. The van der Waals surface area contributed by atoms with E-state index in [0.717, 1.165) is 21.4 Å². The maximum atomic E-state index is 13.1. The molecule has 0 bridgehead atoms. The number of phosphoric acid groups is 3. The van der Waals surface area contributed by atoms with Gasteiger partial charge in [0.15, 0.2) is 6.23 Å². The highest BCUT2D eigenvalue weighted by atomic mass is 31.3. The van der Waals surface area contributed by atoms with E-state index in [1.54, 1.807) is 0 Å². The Labute approximate surface area is 211 Å². The lowest BCUT2D eigenvalue weighted by atomic mass is 10.1. The van der Waals surface area contributed by atoms with Crippen molar-refractivity contribution in [1.82, 2.24) is 9.13 Å². The number of hydrogen-bond acceptors (Lipinski definition) is 11. The van der Waals surface area contributed by atoms with E-state index in [4.69, 9.17) is 14.5 Å². The molecule has 38 heavy (non-hydrogen) atoms. The molecule has 0 aliphatic carbocycles. The SMILES string of the molecule is O=c1ccn([C@@H]2O[C@H](COP(=O)(O)OP(=O)(O)OP(=O)(O)O)[C@H](O)[C@@H]2O)c(=O)n1CCc1ccc(F)cc1. The first-order valence-electron chi connectivity index (χ1n) is 10.3. The van der Waals surface area contributed by atoms with Gasteiger partial charge in [0.1, 0.15) is 24.1 Å². The molecule has 6 N–H and O–H groups in total. The van der Waals surface area contributed by atoms with Gasteiger partial charge in [-0.2, -0.15) is 8.62 Å². The van der Waals surface area contributed by atoms with Crippen LogP contribution in [0.25, 0.3) is 0 Å². The molecule has 2 unspecified atom stereocenters. The second-order valence-corrected chi connectivity index (χ2v) is 12.2. The molecule has 0 saturated carbocycles. The average Bonchev–Trinajstić information content (AvgIpc) is 3.05. The van der Waals surface area contributed by atoms with Crippen molar-refractivity contribution in [2.75, 3.05) is 6.61 Å². The summed E-state index contributed by atoms with van der Waals surface area (Å²) in [6, 6.07) is 6.31. The normalized spacial score (nSPS) is 25.1. The van der Waals surface area contributed by atoms with Crippen LogP contribution in [0.2, 0.25) is 0 Å². The van der Waals surface area contributed by atoms with E-state index in [-0.39, 0.29) is 13.0 Å². The molecule has 6 atom stereocenters. The third kappa shape index (κ3) is 8.07. The molecule has 17 nitrogen and oxygen atoms in total. The Kier molecular flexibility index (Phi) is 9.44. The molecule has 0 amide bonds. The predicted octanol–water partition coefficient (Wildman–Crippen LogP) is -0.646. The van der Waals surface area contributed by atoms with Crippen LogP contribution in [0.15, 0.2) is 46.1 Å². The van der Waals surface area contributed by atoms with Crippen LogP contribution in [0.1, 0.15) is 11.8 Å². The van der Waals surface area contributed by atoms with Gasteiger partial charge in [0, 0.05) is 18.8 Å². The van der Waals surface area contributed by atoms with E-state index in [1.165, 1.54) is 24.3 Å². The van der Waals surface area contributed by atoms with Gasteiger partial charge in [-0.3, -0.25) is 18.5 Å². The number of nitrogens with zero attached hydrogens (tertiary/aromatic N) is 2. The predicted molar refractivity (Wildman–Crippen MR) is 121 cm³/mol. The maximum Gasteiger partial charge on any atom is 0.490 e. The van der Waals surface area contributed by atoms with E-state index >= 15 is 0 Å². The fraction of sp³-hybridized carbons (Fsp3) is 0.412. The van der Waals surface area contributed by atoms with Crippen LogP contribution >= 0.6 is 23.5 Å². The van der Waals surface area contributed by atoms with Crippen LogP contribution in [0.4, 0.5) is 4.39 Å². The molecule has 0 radical (unpaired) electrons. The first-order chi connectivity index (χ1) is 17.5. The number of aliphatic hydroxyl groups excluding tert-OH is 2. The number of rotatable bonds is 11. The number of aromatic nitrogens is 2. The fourth-order valence-electron chi connectivity index (χ4n) is 3.39. The minimum Gasteiger partial charge on any atom is -0.387 e. The Bertz CT molecular complexity index is 1410. The highest BCUT2D eigenvalue weighted by molar-refractivity contribution is 7.66. The first-order valence-corrected chi connectivity index (χ1v) is 14.9. The summed E-state index contributed by atoms with van der Waals surface area (Å²) >= 11 is 0. The molecule has 1 fully saturated rings. The van der Waals surface area contributed by atoms with Gasteiger partial charge in [0.05, 0.1) is 6.61 Å². The highest BCUT2D eigenvalue weighted by Crippen LogP contribution is 2.66. The summed E-state index contributed by atoms with van der Waals surface area (Å²) in [6.45, 7) is -1.22. The summed E-state index contributed by atoms with van der Waals surface area (Å²) in [5.41, 5.74) is -1.04. The lowest BCUT2D eigenvalue weighted by molar-refractivity contribution is -0.0548. The van der Waals surface area contributed by atoms with Crippen LogP contribution in [-0.2, 0) is 44.5 Å². The van der Waals surface area contributed by atoms with E-state index < -0.39 is 71.7 Å². The molecule has 2 aromatic rings. The third-order valence-electron chi connectivity index (χ3n) is 5.06. The van der Waals surface area contributed by atoms with Crippen molar-refractivity contribution in [3.8, 4) is 0 Å². The van der Waals surface area contributed by atoms with Crippen molar-refractivity contribution < 1.29 is 65.8 Å². The van der Waals surface area contributed by atoms with Gasteiger partial charge in [-0.1, -0.05) is 12.1 Å². The van der Waals surface area contributed by atoms with Crippen molar-refractivity contribution in [2.45, 2.75) is 37.5 Å². The number of ether oxygens (including phenoxy) is 1. The summed E-state index contributed by atoms with van der Waals surface area (Å²) in [5.74, 6) is -0.471. The van der Waals surface area contributed by atoms with Crippen LogP contribution < -0.4 is 11.2 Å². The minimum atomic E-state index is -5.78. The van der Waals surface area contributed by atoms with Crippen molar-refractivity contribution in [3.63, 3.8) is 0 Å². The quantitative estimate of drug-likeness (QED) is 0.174. The zero-order valence-corrected chi connectivity index (χ0v) is 21.5. The summed E-state index contributed by atoms with van der Waals surface area (Å²) < 4.78 is 65.5. The van der Waals surface area contributed by atoms with Crippen molar-refractivity contribution in [2.24, 2.45) is 0 Å². The fourth-order valence-corrected chi connectivity index (χ4v) is 6.42. The number of benzene rings is 1. The molecule has 1 saturated heterocycles. The lowest BCUT2D eigenvalue weighted by Crippen LogP contribution is -2.43. The summed E-state index contributed by atoms with van der Waals surface area (Å²) in [7, 11) is -16.9. The van der Waals surface area contributed by atoms with Gasteiger partial charge in [0.25, 0.3) is 5.56 Å². The molecule has 212 valence electrons. The zero-order valence-electron chi connectivity index (χ0n) is 18.9. The summed E-state index contributed by atoms with van der Waals surface area (Å²) in [6.07, 6.45) is -5.79. The van der Waals surface area contributed by atoms with E-state index in [1.807, 2.05) is 0 Å². The van der Waals surface area contributed by atoms with Gasteiger partial charge in [-0.25, -0.2) is 22.9 Å². The number of phosphoric ester groups is 1. The molecular weight excluding hydrogens is 584 g/mol. The summed E-state index contributed by atoms with van der Waals surface area (Å²) in [4.78, 5) is 61.0. The maximum absolute atomic E-state index is 13.1. The van der Waals surface area contributed by atoms with Crippen molar-refractivity contribution >= 4 is 23.5 Å². The van der Waals surface area contributed by atoms with Crippen LogP contribution in [0.5, 0.6) is 0 Å². The Morgan fingerprint density at radius 3 is 2.16 bits per heavy atom. The second-order valence-electron chi connectivity index (χ2n) is 7.80.